The minimum absolute atomic E-state index is 0.0751. The van der Waals surface area contributed by atoms with E-state index in [0.29, 0.717) is 11.8 Å². The standard InChI is InChI=1S/C23H36O2/c1-5-10-20(25-22(24)17-19-12-7-6-8-13-19)14-15-21-18(2)11-9-16-23(21,3)4/h6-8,12-13,18,20-21H,5,9-11,14-17H2,1-4H3/t18-,20?,21+/m0/s1. The maximum absolute atomic E-state index is 12.3. The van der Waals surface area contributed by atoms with E-state index in [4.69, 9.17) is 4.74 Å². The van der Waals surface area contributed by atoms with Crippen LogP contribution in [0.25, 0.3) is 0 Å². The van der Waals surface area contributed by atoms with E-state index < -0.39 is 0 Å². The fourth-order valence-electron chi connectivity index (χ4n) is 4.65. The molecule has 0 aromatic heterocycles. The first-order chi connectivity index (χ1) is 11.9. The van der Waals surface area contributed by atoms with E-state index in [0.717, 1.165) is 36.7 Å². The molecule has 1 saturated carbocycles. The van der Waals surface area contributed by atoms with E-state index in [1.54, 1.807) is 0 Å². The third-order valence-electron chi connectivity index (χ3n) is 6.07. The Bertz CT molecular complexity index is 520. The molecule has 0 radical (unpaired) electrons. The summed E-state index contributed by atoms with van der Waals surface area (Å²) >= 11 is 0. The largest absolute Gasteiger partial charge is 0.462 e. The summed E-state index contributed by atoms with van der Waals surface area (Å²) in [4.78, 5) is 12.3. The van der Waals surface area contributed by atoms with Gasteiger partial charge in [-0.2, -0.15) is 0 Å². The van der Waals surface area contributed by atoms with Crippen LogP contribution < -0.4 is 0 Å². The highest BCUT2D eigenvalue weighted by Crippen LogP contribution is 2.46. The number of benzene rings is 1. The van der Waals surface area contributed by atoms with Gasteiger partial charge in [-0.05, 0) is 48.5 Å². The Morgan fingerprint density at radius 2 is 1.96 bits per heavy atom. The first-order valence-corrected chi connectivity index (χ1v) is 10.2. The fraction of sp³-hybridized carbons (Fsp3) is 0.696. The van der Waals surface area contributed by atoms with Crippen LogP contribution in [0.2, 0.25) is 0 Å². The van der Waals surface area contributed by atoms with Gasteiger partial charge in [0.25, 0.3) is 0 Å². The molecule has 0 bridgehead atoms. The Kier molecular flexibility index (Phi) is 7.53. The molecule has 2 heteroatoms. The molecule has 1 fully saturated rings. The Morgan fingerprint density at radius 1 is 1.24 bits per heavy atom. The number of hydrogen-bond donors (Lipinski definition) is 0. The van der Waals surface area contributed by atoms with Crippen LogP contribution in [-0.2, 0) is 16.0 Å². The van der Waals surface area contributed by atoms with Gasteiger partial charge in [-0.15, -0.1) is 0 Å². The molecular weight excluding hydrogens is 308 g/mol. The van der Waals surface area contributed by atoms with Gasteiger partial charge in [0.15, 0.2) is 0 Å². The molecule has 0 amide bonds. The van der Waals surface area contributed by atoms with Crippen molar-refractivity contribution >= 4 is 5.97 Å². The average molecular weight is 345 g/mol. The Balaban J connectivity index is 1.88. The minimum Gasteiger partial charge on any atom is -0.462 e. The normalized spacial score (nSPS) is 23.8. The van der Waals surface area contributed by atoms with Crippen molar-refractivity contribution < 1.29 is 9.53 Å². The highest BCUT2D eigenvalue weighted by atomic mass is 16.5. The number of rotatable bonds is 8. The van der Waals surface area contributed by atoms with Crippen LogP contribution in [-0.4, -0.2) is 12.1 Å². The van der Waals surface area contributed by atoms with Gasteiger partial charge in [-0.25, -0.2) is 0 Å². The quantitative estimate of drug-likeness (QED) is 0.526. The van der Waals surface area contributed by atoms with Crippen molar-refractivity contribution in [3.05, 3.63) is 35.9 Å². The molecular formula is C23H36O2. The molecule has 1 aliphatic rings. The summed E-state index contributed by atoms with van der Waals surface area (Å²) in [6.07, 6.45) is 8.71. The summed E-state index contributed by atoms with van der Waals surface area (Å²) in [7, 11) is 0. The molecule has 0 saturated heterocycles. The second-order valence-corrected chi connectivity index (χ2v) is 8.60. The molecule has 1 aromatic carbocycles. The molecule has 25 heavy (non-hydrogen) atoms. The Labute approximate surface area is 154 Å². The first-order valence-electron chi connectivity index (χ1n) is 10.2. The Morgan fingerprint density at radius 3 is 2.60 bits per heavy atom. The maximum atomic E-state index is 12.3. The first kappa shape index (κ1) is 20.0. The minimum atomic E-state index is -0.0828. The van der Waals surface area contributed by atoms with Crippen LogP contribution >= 0.6 is 0 Å². The zero-order valence-electron chi connectivity index (χ0n) is 16.6. The van der Waals surface area contributed by atoms with Gasteiger partial charge in [-0.3, -0.25) is 4.79 Å². The van der Waals surface area contributed by atoms with Gasteiger partial charge in [-0.1, -0.05) is 77.3 Å². The monoisotopic (exact) mass is 344 g/mol. The molecule has 140 valence electrons. The molecule has 2 rings (SSSR count). The van der Waals surface area contributed by atoms with Crippen LogP contribution in [0, 0.1) is 17.3 Å². The van der Waals surface area contributed by atoms with Gasteiger partial charge in [0.1, 0.15) is 6.10 Å². The zero-order chi connectivity index (χ0) is 18.3. The van der Waals surface area contributed by atoms with Crippen molar-refractivity contribution in [1.29, 1.82) is 0 Å². The van der Waals surface area contributed by atoms with Crippen LogP contribution in [0.3, 0.4) is 0 Å². The lowest BCUT2D eigenvalue weighted by Crippen LogP contribution is -2.34. The van der Waals surface area contributed by atoms with Gasteiger partial charge >= 0.3 is 5.97 Å². The van der Waals surface area contributed by atoms with Crippen molar-refractivity contribution in [2.24, 2.45) is 17.3 Å². The summed E-state index contributed by atoms with van der Waals surface area (Å²) in [5.41, 5.74) is 1.45. The Hall–Kier alpha value is -1.31. The van der Waals surface area contributed by atoms with Crippen LogP contribution in [0.4, 0.5) is 0 Å². The predicted octanol–water partition coefficient (Wildman–Crippen LogP) is 6.18. The lowest BCUT2D eigenvalue weighted by molar-refractivity contribution is -0.149. The molecule has 0 N–H and O–H groups in total. The summed E-state index contributed by atoms with van der Waals surface area (Å²) in [6, 6.07) is 9.89. The molecule has 3 atom stereocenters. The summed E-state index contributed by atoms with van der Waals surface area (Å²) in [6.45, 7) is 9.42. The summed E-state index contributed by atoms with van der Waals surface area (Å²) < 4.78 is 5.85. The SMILES string of the molecule is CCCC(CC[C@@H]1[C@@H](C)CCCC1(C)C)OC(=O)Cc1ccccc1. The van der Waals surface area contributed by atoms with E-state index in [-0.39, 0.29) is 12.1 Å². The number of esters is 1. The maximum Gasteiger partial charge on any atom is 0.310 e. The summed E-state index contributed by atoms with van der Waals surface area (Å²) in [5.74, 6) is 1.44. The topological polar surface area (TPSA) is 26.3 Å². The molecule has 0 spiro atoms. The third-order valence-corrected chi connectivity index (χ3v) is 6.07. The van der Waals surface area contributed by atoms with Gasteiger partial charge < -0.3 is 4.74 Å². The van der Waals surface area contributed by atoms with Crippen molar-refractivity contribution in [2.75, 3.05) is 0 Å². The van der Waals surface area contributed by atoms with Crippen molar-refractivity contribution in [3.8, 4) is 0 Å². The number of carbonyl (C=O) groups excluding carboxylic acids is 1. The van der Waals surface area contributed by atoms with Crippen LogP contribution in [0.5, 0.6) is 0 Å². The lowest BCUT2D eigenvalue weighted by Gasteiger charge is -2.43. The molecule has 1 unspecified atom stereocenters. The van der Waals surface area contributed by atoms with E-state index in [2.05, 4.69) is 27.7 Å². The molecule has 2 nitrogen and oxygen atoms in total. The van der Waals surface area contributed by atoms with Crippen LogP contribution in [0.15, 0.2) is 30.3 Å². The molecule has 0 aliphatic heterocycles. The van der Waals surface area contributed by atoms with Crippen molar-refractivity contribution in [1.82, 2.24) is 0 Å². The van der Waals surface area contributed by atoms with E-state index in [1.807, 2.05) is 30.3 Å². The average Bonchev–Trinajstić information content (AvgIpc) is 2.54. The smallest absolute Gasteiger partial charge is 0.310 e. The van der Waals surface area contributed by atoms with Gasteiger partial charge in [0.05, 0.1) is 6.42 Å². The van der Waals surface area contributed by atoms with Gasteiger partial charge in [0, 0.05) is 0 Å². The molecule has 1 aromatic rings. The highest BCUT2D eigenvalue weighted by molar-refractivity contribution is 5.72. The summed E-state index contributed by atoms with van der Waals surface area (Å²) in [5, 5.41) is 0. The van der Waals surface area contributed by atoms with E-state index >= 15 is 0 Å². The molecule has 1 aliphatic carbocycles. The third kappa shape index (κ3) is 6.17. The van der Waals surface area contributed by atoms with Crippen molar-refractivity contribution in [3.63, 3.8) is 0 Å². The van der Waals surface area contributed by atoms with E-state index in [9.17, 15) is 4.79 Å². The predicted molar refractivity (Wildman–Crippen MR) is 104 cm³/mol. The number of ether oxygens (including phenoxy) is 1. The van der Waals surface area contributed by atoms with Gasteiger partial charge in [0.2, 0.25) is 0 Å². The van der Waals surface area contributed by atoms with E-state index in [1.165, 1.54) is 25.7 Å². The van der Waals surface area contributed by atoms with Crippen LogP contribution in [0.1, 0.15) is 78.2 Å². The fourth-order valence-corrected chi connectivity index (χ4v) is 4.65. The zero-order valence-corrected chi connectivity index (χ0v) is 16.6. The van der Waals surface area contributed by atoms with Crippen molar-refractivity contribution in [2.45, 2.75) is 85.2 Å². The number of hydrogen-bond acceptors (Lipinski definition) is 2. The lowest BCUT2D eigenvalue weighted by atomic mass is 9.62. The second-order valence-electron chi connectivity index (χ2n) is 8.60. The molecule has 0 heterocycles. The second kappa shape index (κ2) is 9.40. The number of carbonyl (C=O) groups is 1. The highest BCUT2D eigenvalue weighted by Gasteiger charge is 2.36.